The van der Waals surface area contributed by atoms with Crippen molar-refractivity contribution in [1.82, 2.24) is 9.44 Å². The molecule has 0 aliphatic carbocycles. The van der Waals surface area contributed by atoms with E-state index >= 15 is 0 Å². The number of hydrogen-bond acceptors (Lipinski definition) is 2. The molecule has 2 amide bonds. The summed E-state index contributed by atoms with van der Waals surface area (Å²) in [4.78, 5) is 19.7. The first-order valence-electron chi connectivity index (χ1n) is 1.99. The second kappa shape index (κ2) is 4.40. The molecule has 0 rings (SSSR count). The van der Waals surface area contributed by atoms with E-state index in [0.717, 1.165) is 0 Å². The molecule has 10 heavy (non-hydrogen) atoms. The van der Waals surface area contributed by atoms with E-state index in [1.807, 2.05) is 9.44 Å². The molecule has 0 atom stereocenters. The first-order chi connectivity index (χ1) is 4.52. The van der Waals surface area contributed by atoms with Crippen LogP contribution in [0.4, 0.5) is 9.59 Å². The average molecular weight is 249 g/mol. The van der Waals surface area contributed by atoms with E-state index in [0.29, 0.717) is 0 Å². The number of amides is 2. The average Bonchev–Trinajstić information content (AvgIpc) is 1.58. The van der Waals surface area contributed by atoms with Gasteiger partial charge >= 0.3 is 68.9 Å². The second-order valence-electron chi connectivity index (χ2n) is 1.13. The van der Waals surface area contributed by atoms with Crippen LogP contribution in [-0.2, 0) is 18.5 Å². The van der Waals surface area contributed by atoms with Gasteiger partial charge in [0.1, 0.15) is 0 Å². The van der Waals surface area contributed by atoms with E-state index in [4.69, 9.17) is 10.2 Å². The molecule has 0 aromatic carbocycles. The van der Waals surface area contributed by atoms with Crippen LogP contribution in [0.15, 0.2) is 0 Å². The second-order valence-corrected chi connectivity index (χ2v) is 4.86. The Hall–Kier alpha value is -0.422. The van der Waals surface area contributed by atoms with Crippen LogP contribution in [0.5, 0.6) is 0 Å². The Balaban J connectivity index is 3.53. The quantitative estimate of drug-likeness (QED) is 0.346. The summed E-state index contributed by atoms with van der Waals surface area (Å²) in [5.74, 6) is 0. The minimum absolute atomic E-state index is 1.23. The molecule has 8 heteroatoms. The number of carboxylic acid groups (broad SMARTS) is 2. The van der Waals surface area contributed by atoms with Crippen molar-refractivity contribution in [2.75, 3.05) is 0 Å². The zero-order valence-electron chi connectivity index (χ0n) is 4.57. The fourth-order valence-electron chi connectivity index (χ4n) is 0.202. The van der Waals surface area contributed by atoms with Gasteiger partial charge in [-0.25, -0.2) is 0 Å². The molecule has 0 heterocycles. The summed E-state index contributed by atoms with van der Waals surface area (Å²) in [7, 11) is -1.35. The van der Waals surface area contributed by atoms with E-state index in [1.54, 1.807) is 0 Å². The Labute approximate surface area is 69.2 Å². The minimum atomic E-state index is -1.35. The van der Waals surface area contributed by atoms with E-state index in [2.05, 4.69) is 0 Å². The third-order valence-corrected chi connectivity index (χ3v) is 2.53. The molecule has 59 valence electrons. The number of thiol groups is 1. The molecule has 0 bridgehead atoms. The van der Waals surface area contributed by atoms with Gasteiger partial charge in [-0.2, -0.15) is 0 Å². The van der Waals surface area contributed by atoms with Gasteiger partial charge in [0.2, 0.25) is 0 Å². The monoisotopic (exact) mass is 251 g/mol. The summed E-state index contributed by atoms with van der Waals surface area (Å²) in [6, 6.07) is 0. The molecule has 0 aromatic heterocycles. The molecule has 6 nitrogen and oxygen atoms in total. The SMILES string of the molecule is O=C(O)N[SH]([Mo])NC(=O)O. The molecular weight excluding hydrogens is 244 g/mol. The third-order valence-electron chi connectivity index (χ3n) is 0.394. The Kier molecular flexibility index (Phi) is 4.22. The van der Waals surface area contributed by atoms with E-state index in [9.17, 15) is 9.59 Å². The molecule has 0 spiro atoms. The van der Waals surface area contributed by atoms with Crippen LogP contribution < -0.4 is 9.44 Å². The van der Waals surface area contributed by atoms with Crippen LogP contribution in [0.25, 0.3) is 0 Å². The predicted molar refractivity (Wildman–Crippen MR) is 31.3 cm³/mol. The van der Waals surface area contributed by atoms with Crippen LogP contribution in [0, 0.1) is 0 Å². The molecule has 4 N–H and O–H groups in total. The van der Waals surface area contributed by atoms with Gasteiger partial charge in [0.25, 0.3) is 0 Å². The molecule has 0 unspecified atom stereocenters. The first kappa shape index (κ1) is 9.58. The van der Waals surface area contributed by atoms with Crippen LogP contribution >= 0.6 is 8.97 Å². The third kappa shape index (κ3) is 5.71. The number of nitrogens with one attached hydrogen (secondary N) is 2. The van der Waals surface area contributed by atoms with Gasteiger partial charge in [0, 0.05) is 0 Å². The van der Waals surface area contributed by atoms with Gasteiger partial charge in [0.15, 0.2) is 0 Å². The summed E-state index contributed by atoms with van der Waals surface area (Å²) in [6.45, 7) is 0. The van der Waals surface area contributed by atoms with Crippen LogP contribution in [-0.4, -0.2) is 22.4 Å². The van der Waals surface area contributed by atoms with Crippen molar-refractivity contribution in [2.24, 2.45) is 0 Å². The van der Waals surface area contributed by atoms with Crippen molar-refractivity contribution in [3.05, 3.63) is 0 Å². The summed E-state index contributed by atoms with van der Waals surface area (Å²) >= 11 is 1.37. The van der Waals surface area contributed by atoms with E-state index < -0.39 is 21.2 Å². The van der Waals surface area contributed by atoms with Gasteiger partial charge in [0.05, 0.1) is 0 Å². The molecule has 0 saturated heterocycles. The maximum absolute atomic E-state index is 9.86. The molecular formula is C2H5MoN2O4S. The van der Waals surface area contributed by atoms with Crippen LogP contribution in [0.1, 0.15) is 0 Å². The van der Waals surface area contributed by atoms with Crippen molar-refractivity contribution in [1.29, 1.82) is 0 Å². The fourth-order valence-corrected chi connectivity index (χ4v) is 1.76. The predicted octanol–water partition coefficient (Wildman–Crippen LogP) is -0.185. The number of carbonyl (C=O) groups is 2. The molecule has 0 saturated carbocycles. The van der Waals surface area contributed by atoms with E-state index in [1.165, 1.54) is 18.5 Å². The molecule has 0 aromatic rings. The summed E-state index contributed by atoms with van der Waals surface area (Å²) in [5, 5.41) is 16.1. The van der Waals surface area contributed by atoms with Crippen molar-refractivity contribution >= 4 is 21.2 Å². The Bertz CT molecular complexity index is 136. The first-order valence-corrected chi connectivity index (χ1v) is 5.94. The molecule has 0 fully saturated rings. The van der Waals surface area contributed by atoms with Crippen LogP contribution in [0.2, 0.25) is 0 Å². The van der Waals surface area contributed by atoms with Gasteiger partial charge in [-0.3, -0.25) is 0 Å². The van der Waals surface area contributed by atoms with Gasteiger partial charge in [-0.15, -0.1) is 0 Å². The molecule has 0 aliphatic heterocycles. The maximum atomic E-state index is 9.86. The van der Waals surface area contributed by atoms with Crippen molar-refractivity contribution < 1.29 is 38.3 Å². The fraction of sp³-hybridized carbons (Fsp3) is 0. The van der Waals surface area contributed by atoms with Gasteiger partial charge < -0.3 is 0 Å². The van der Waals surface area contributed by atoms with Crippen LogP contribution in [0.3, 0.4) is 0 Å². The van der Waals surface area contributed by atoms with Gasteiger partial charge in [-0.05, 0) is 0 Å². The van der Waals surface area contributed by atoms with Crippen molar-refractivity contribution in [2.45, 2.75) is 0 Å². The number of rotatable bonds is 2. The standard InChI is InChI=1S/C2H4N2O4S.Mo/c5-1(6)3-9-4-2(7)8;/h3-4H,(H,5,6)(H,7,8);/q;-1/p+1. The zero-order chi connectivity index (χ0) is 8.15. The normalized spacial score (nSPS) is 9.80. The van der Waals surface area contributed by atoms with Crippen molar-refractivity contribution in [3.8, 4) is 0 Å². The van der Waals surface area contributed by atoms with Crippen molar-refractivity contribution in [3.63, 3.8) is 0 Å². The topological polar surface area (TPSA) is 98.7 Å². The zero-order valence-corrected chi connectivity index (χ0v) is 7.47. The Morgan fingerprint density at radius 1 is 1.20 bits per heavy atom. The van der Waals surface area contributed by atoms with Gasteiger partial charge in [-0.1, -0.05) is 0 Å². The molecule has 0 radical (unpaired) electrons. The Morgan fingerprint density at radius 3 is 1.70 bits per heavy atom. The molecule has 0 aliphatic rings. The summed E-state index contributed by atoms with van der Waals surface area (Å²) in [5.41, 5.74) is 0. The Morgan fingerprint density at radius 2 is 1.50 bits per heavy atom. The van der Waals surface area contributed by atoms with E-state index in [-0.39, 0.29) is 0 Å². The summed E-state index contributed by atoms with van der Waals surface area (Å²) in [6.07, 6.45) is -2.46. The number of hydrogen-bond donors (Lipinski definition) is 5. The summed E-state index contributed by atoms with van der Waals surface area (Å²) < 4.78 is 3.94.